The Balaban J connectivity index is 1.51. The van der Waals surface area contributed by atoms with Gasteiger partial charge in [0.15, 0.2) is 0 Å². The lowest BCUT2D eigenvalue weighted by Crippen LogP contribution is -2.42. The van der Waals surface area contributed by atoms with Gasteiger partial charge >= 0.3 is 0 Å². The average molecular weight is 493 g/mol. The zero-order valence-electron chi connectivity index (χ0n) is 20.3. The number of benzene rings is 3. The van der Waals surface area contributed by atoms with Crippen LogP contribution in [0.5, 0.6) is 11.5 Å². The molecule has 0 aromatic heterocycles. The summed E-state index contributed by atoms with van der Waals surface area (Å²) in [5.41, 5.74) is 12.4. The van der Waals surface area contributed by atoms with E-state index in [4.69, 9.17) is 16.2 Å². The Labute approximate surface area is 210 Å². The van der Waals surface area contributed by atoms with E-state index >= 15 is 0 Å². The van der Waals surface area contributed by atoms with Gasteiger partial charge < -0.3 is 31.5 Å². The largest absolute Gasteiger partial charge is 0.508 e. The van der Waals surface area contributed by atoms with Crippen molar-refractivity contribution in [2.45, 2.75) is 25.3 Å². The lowest BCUT2D eigenvalue weighted by atomic mass is 10.0. The number of carbonyl (C=O) groups is 3. The number of nitrogens with zero attached hydrogens (tertiary/aromatic N) is 1. The van der Waals surface area contributed by atoms with Crippen molar-refractivity contribution in [3.05, 3.63) is 71.8 Å². The van der Waals surface area contributed by atoms with E-state index in [1.165, 1.54) is 11.9 Å². The number of hydrogen-bond acceptors (Lipinski definition) is 6. The van der Waals surface area contributed by atoms with Gasteiger partial charge in [-0.25, -0.2) is 0 Å². The van der Waals surface area contributed by atoms with Gasteiger partial charge in [-0.05, 0) is 59.9 Å². The minimum absolute atomic E-state index is 0.164. The number of nitrogens with two attached hydrogens (primary N) is 2. The maximum Gasteiger partial charge on any atom is 0.257 e. The summed E-state index contributed by atoms with van der Waals surface area (Å²) >= 11 is 0. The fourth-order valence-electron chi connectivity index (χ4n) is 3.75. The second-order valence-corrected chi connectivity index (χ2v) is 8.65. The summed E-state index contributed by atoms with van der Waals surface area (Å²) < 4.78 is 5.94. The van der Waals surface area contributed by atoms with Crippen LogP contribution in [0.4, 0.5) is 0 Å². The highest BCUT2D eigenvalue weighted by Gasteiger charge is 2.19. The highest BCUT2D eigenvalue weighted by molar-refractivity contribution is 6.02. The Bertz CT molecular complexity index is 1210. The van der Waals surface area contributed by atoms with Gasteiger partial charge in [0.25, 0.3) is 5.91 Å². The van der Waals surface area contributed by atoms with Crippen molar-refractivity contribution in [2.24, 2.45) is 11.5 Å². The topological polar surface area (TPSA) is 148 Å². The third kappa shape index (κ3) is 7.44. The molecule has 0 heterocycles. The number of hydrogen-bond donors (Lipinski definition) is 4. The molecular weight excluding hydrogens is 460 g/mol. The van der Waals surface area contributed by atoms with Crippen LogP contribution in [0.3, 0.4) is 0 Å². The Morgan fingerprint density at radius 2 is 1.69 bits per heavy atom. The normalized spacial score (nSPS) is 11.6. The minimum atomic E-state index is -0.686. The smallest absolute Gasteiger partial charge is 0.257 e. The number of likely N-dealkylation sites (N-methyl/N-ethyl adjacent to an activating group) is 1. The van der Waals surface area contributed by atoms with E-state index in [2.05, 4.69) is 5.32 Å². The number of aromatic hydroxyl groups is 1. The molecule has 0 spiro atoms. The van der Waals surface area contributed by atoms with Crippen LogP contribution in [0.25, 0.3) is 10.8 Å². The molecule has 9 nitrogen and oxygen atoms in total. The molecule has 36 heavy (non-hydrogen) atoms. The molecule has 3 aromatic rings. The van der Waals surface area contributed by atoms with Crippen molar-refractivity contribution in [3.8, 4) is 11.5 Å². The zero-order chi connectivity index (χ0) is 26.1. The third-order valence-electron chi connectivity index (χ3n) is 5.67. The Morgan fingerprint density at radius 1 is 1.03 bits per heavy atom. The first kappa shape index (κ1) is 26.5. The molecule has 1 unspecified atom stereocenters. The van der Waals surface area contributed by atoms with Crippen LogP contribution >= 0.6 is 0 Å². The number of unbranched alkanes of at least 4 members (excludes halogenated alkanes) is 1. The summed E-state index contributed by atoms with van der Waals surface area (Å²) in [5, 5.41) is 14.0. The fraction of sp³-hybridized carbons (Fsp3) is 0.296. The van der Waals surface area contributed by atoms with Gasteiger partial charge in [-0.3, -0.25) is 14.4 Å². The summed E-state index contributed by atoms with van der Waals surface area (Å²) in [4.78, 5) is 37.7. The predicted molar refractivity (Wildman–Crippen MR) is 138 cm³/mol. The standard InChI is InChI=1S/C27H32N4O5/c1-31(17-25(29)33)27(35)22-15-19-6-2-3-7-20(19)16-24(22)36-13-5-4-12-30-26(34)23(28)14-18-8-10-21(32)11-9-18/h2-3,6-11,15-16,23,32H,4-5,12-14,17,28H2,1H3,(H2,29,33)(H,30,34). The van der Waals surface area contributed by atoms with E-state index in [-0.39, 0.29) is 24.1 Å². The molecule has 3 rings (SSSR count). The van der Waals surface area contributed by atoms with E-state index in [0.717, 1.165) is 16.3 Å². The number of primary amides is 1. The summed E-state index contributed by atoms with van der Waals surface area (Å²) in [7, 11) is 1.51. The van der Waals surface area contributed by atoms with Gasteiger partial charge in [0.05, 0.1) is 24.8 Å². The molecule has 0 bridgehead atoms. The summed E-state index contributed by atoms with van der Waals surface area (Å²) in [5.74, 6) is -0.612. The quantitative estimate of drug-likeness (QED) is 0.284. The first-order chi connectivity index (χ1) is 17.2. The number of fused-ring (bicyclic) bond motifs is 1. The van der Waals surface area contributed by atoms with E-state index in [0.29, 0.717) is 43.7 Å². The molecule has 6 N–H and O–H groups in total. The van der Waals surface area contributed by atoms with Crippen molar-refractivity contribution in [3.63, 3.8) is 0 Å². The first-order valence-corrected chi connectivity index (χ1v) is 11.7. The van der Waals surface area contributed by atoms with E-state index in [1.807, 2.05) is 30.3 Å². The number of carbonyl (C=O) groups excluding carboxylic acids is 3. The molecule has 0 radical (unpaired) electrons. The van der Waals surface area contributed by atoms with Crippen LogP contribution < -0.4 is 21.5 Å². The number of phenols is 1. The van der Waals surface area contributed by atoms with Crippen LogP contribution in [0.2, 0.25) is 0 Å². The summed E-state index contributed by atoms with van der Waals surface area (Å²) in [6, 6.07) is 17.1. The lowest BCUT2D eigenvalue weighted by Gasteiger charge is -2.18. The number of ether oxygens (including phenoxy) is 1. The molecule has 0 aliphatic carbocycles. The third-order valence-corrected chi connectivity index (χ3v) is 5.67. The molecule has 0 aliphatic rings. The van der Waals surface area contributed by atoms with Gasteiger partial charge in [0.1, 0.15) is 11.5 Å². The molecule has 3 amide bonds. The molecule has 190 valence electrons. The van der Waals surface area contributed by atoms with Crippen molar-refractivity contribution >= 4 is 28.5 Å². The van der Waals surface area contributed by atoms with Gasteiger partial charge in [-0.1, -0.05) is 36.4 Å². The summed E-state index contributed by atoms with van der Waals surface area (Å²) in [6.45, 7) is 0.587. The van der Waals surface area contributed by atoms with Gasteiger partial charge in [0.2, 0.25) is 11.8 Å². The molecule has 0 fully saturated rings. The molecular formula is C27H32N4O5. The number of phenolic OH excluding ortho intramolecular Hbond substituents is 1. The van der Waals surface area contributed by atoms with Gasteiger partial charge in [0, 0.05) is 13.6 Å². The number of amides is 3. The monoisotopic (exact) mass is 492 g/mol. The van der Waals surface area contributed by atoms with Crippen molar-refractivity contribution in [1.82, 2.24) is 10.2 Å². The highest BCUT2D eigenvalue weighted by atomic mass is 16.5. The minimum Gasteiger partial charge on any atom is -0.508 e. The molecule has 1 atom stereocenters. The van der Waals surface area contributed by atoms with Crippen LogP contribution in [-0.4, -0.2) is 60.5 Å². The van der Waals surface area contributed by atoms with Crippen molar-refractivity contribution in [2.75, 3.05) is 26.7 Å². The van der Waals surface area contributed by atoms with Crippen LogP contribution in [0.1, 0.15) is 28.8 Å². The average Bonchev–Trinajstić information content (AvgIpc) is 2.85. The van der Waals surface area contributed by atoms with Gasteiger partial charge in [-0.2, -0.15) is 0 Å². The van der Waals surface area contributed by atoms with Crippen LogP contribution in [0.15, 0.2) is 60.7 Å². The van der Waals surface area contributed by atoms with Gasteiger partial charge in [-0.15, -0.1) is 0 Å². The second kappa shape index (κ2) is 12.6. The zero-order valence-corrected chi connectivity index (χ0v) is 20.3. The molecule has 0 aliphatic heterocycles. The fourth-order valence-corrected chi connectivity index (χ4v) is 3.75. The molecule has 0 saturated heterocycles. The second-order valence-electron chi connectivity index (χ2n) is 8.65. The Hall–Kier alpha value is -4.11. The number of nitrogens with one attached hydrogen (secondary N) is 1. The first-order valence-electron chi connectivity index (χ1n) is 11.7. The Morgan fingerprint density at radius 3 is 2.36 bits per heavy atom. The van der Waals surface area contributed by atoms with Crippen molar-refractivity contribution < 1.29 is 24.2 Å². The Kier molecular flexibility index (Phi) is 9.24. The molecule has 3 aromatic carbocycles. The number of rotatable bonds is 12. The molecule has 0 saturated carbocycles. The lowest BCUT2D eigenvalue weighted by molar-refractivity contribution is -0.122. The summed E-state index contributed by atoms with van der Waals surface area (Å²) in [6.07, 6.45) is 1.68. The highest BCUT2D eigenvalue weighted by Crippen LogP contribution is 2.27. The SMILES string of the molecule is CN(CC(N)=O)C(=O)c1cc2ccccc2cc1OCCCCNC(=O)C(N)Cc1ccc(O)cc1. The predicted octanol–water partition coefficient (Wildman–Crippen LogP) is 1.95. The molecule has 9 heteroatoms. The van der Waals surface area contributed by atoms with E-state index < -0.39 is 11.9 Å². The van der Waals surface area contributed by atoms with E-state index in [9.17, 15) is 19.5 Å². The maximum atomic E-state index is 12.9. The maximum absolute atomic E-state index is 12.9. The van der Waals surface area contributed by atoms with Crippen LogP contribution in [0, 0.1) is 0 Å². The van der Waals surface area contributed by atoms with Crippen LogP contribution in [-0.2, 0) is 16.0 Å². The van der Waals surface area contributed by atoms with Crippen molar-refractivity contribution in [1.29, 1.82) is 0 Å². The van der Waals surface area contributed by atoms with E-state index in [1.54, 1.807) is 30.3 Å².